The minimum Gasteiger partial charge on any atom is -0.346 e. The zero-order valence-electron chi connectivity index (χ0n) is 12.1. The molecule has 5 nitrogen and oxygen atoms in total. The average molecular weight is 290 g/mol. The lowest BCUT2D eigenvalue weighted by Gasteiger charge is -2.10. The zero-order chi connectivity index (χ0) is 15.5. The molecule has 0 bridgehead atoms. The Balaban J connectivity index is 1.98. The predicted octanol–water partition coefficient (Wildman–Crippen LogP) is 3.39. The van der Waals surface area contributed by atoms with Gasteiger partial charge < -0.3 is 10.3 Å². The van der Waals surface area contributed by atoms with Crippen LogP contribution < -0.4 is 5.32 Å². The molecule has 2 N–H and O–H groups in total. The van der Waals surface area contributed by atoms with Crippen LogP contribution in [0.15, 0.2) is 42.7 Å². The molecule has 22 heavy (non-hydrogen) atoms. The lowest BCUT2D eigenvalue weighted by molar-refractivity contribution is -0.115. The Kier molecular flexibility index (Phi) is 3.58. The Morgan fingerprint density at radius 3 is 2.95 bits per heavy atom. The number of carbonyl (C=O) groups excluding carboxylic acids is 1. The van der Waals surface area contributed by atoms with Gasteiger partial charge in [-0.1, -0.05) is 6.07 Å². The van der Waals surface area contributed by atoms with Crippen LogP contribution in [0.5, 0.6) is 0 Å². The van der Waals surface area contributed by atoms with Crippen LogP contribution in [0.2, 0.25) is 0 Å². The van der Waals surface area contributed by atoms with Gasteiger partial charge in [-0.2, -0.15) is 5.26 Å². The molecule has 0 saturated heterocycles. The number of hydrogen-bond acceptors (Lipinski definition) is 3. The molecule has 0 fully saturated rings. The van der Waals surface area contributed by atoms with E-state index in [2.05, 4.69) is 15.3 Å². The fraction of sp³-hybridized carbons (Fsp3) is 0.118. The first-order valence-electron chi connectivity index (χ1n) is 6.89. The third-order valence-corrected chi connectivity index (χ3v) is 3.50. The van der Waals surface area contributed by atoms with Crippen molar-refractivity contribution >= 4 is 22.6 Å². The maximum absolute atomic E-state index is 11.5. The number of nitrogens with zero attached hydrogens (tertiary/aromatic N) is 2. The summed E-state index contributed by atoms with van der Waals surface area (Å²) in [5, 5.41) is 12.3. The van der Waals surface area contributed by atoms with Crippen molar-refractivity contribution in [2.24, 2.45) is 0 Å². The van der Waals surface area contributed by atoms with Crippen LogP contribution in [0.25, 0.3) is 22.2 Å². The van der Waals surface area contributed by atoms with Gasteiger partial charge in [0.05, 0.1) is 6.07 Å². The van der Waals surface area contributed by atoms with Crippen molar-refractivity contribution in [3.05, 3.63) is 48.3 Å². The summed E-state index contributed by atoms with van der Waals surface area (Å²) in [5.74, 6) is -0.299. The number of amides is 1. The smallest absolute Gasteiger partial charge is 0.238 e. The summed E-state index contributed by atoms with van der Waals surface area (Å²) in [6.45, 7) is 1.99. The monoisotopic (exact) mass is 290 g/mol. The molecular weight excluding hydrogens is 276 g/mol. The first-order valence-corrected chi connectivity index (χ1v) is 6.89. The Hall–Kier alpha value is -3.13. The molecule has 2 heterocycles. The van der Waals surface area contributed by atoms with Crippen LogP contribution in [0.3, 0.4) is 0 Å². The number of nitriles is 1. The summed E-state index contributed by atoms with van der Waals surface area (Å²) < 4.78 is 0. The lowest BCUT2D eigenvalue weighted by Crippen LogP contribution is -2.10. The molecule has 3 rings (SSSR count). The van der Waals surface area contributed by atoms with Crippen LogP contribution >= 0.6 is 0 Å². The fourth-order valence-electron chi connectivity index (χ4n) is 2.52. The maximum atomic E-state index is 11.5. The number of aromatic amines is 1. The highest BCUT2D eigenvalue weighted by Crippen LogP contribution is 2.30. The highest BCUT2D eigenvalue weighted by Gasteiger charge is 2.09. The van der Waals surface area contributed by atoms with Crippen molar-refractivity contribution in [2.75, 3.05) is 5.32 Å². The third-order valence-electron chi connectivity index (χ3n) is 3.50. The van der Waals surface area contributed by atoms with Gasteiger partial charge >= 0.3 is 0 Å². The Morgan fingerprint density at radius 1 is 1.32 bits per heavy atom. The first kappa shape index (κ1) is 13.8. The van der Waals surface area contributed by atoms with Gasteiger partial charge in [-0.3, -0.25) is 4.79 Å². The SMILES string of the molecule is Cc1cc(NC(=O)CC#N)ccc1-c1ccnc2[nH]ccc12. The summed E-state index contributed by atoms with van der Waals surface area (Å²) in [6.07, 6.45) is 3.50. The first-order chi connectivity index (χ1) is 10.7. The number of anilines is 1. The van der Waals surface area contributed by atoms with Crippen LogP contribution in [0.1, 0.15) is 12.0 Å². The van der Waals surface area contributed by atoms with Crippen LogP contribution in [-0.4, -0.2) is 15.9 Å². The number of rotatable bonds is 3. The number of hydrogen-bond donors (Lipinski definition) is 2. The number of nitrogens with one attached hydrogen (secondary N) is 2. The van der Waals surface area contributed by atoms with E-state index in [0.717, 1.165) is 27.7 Å². The Bertz CT molecular complexity index is 889. The van der Waals surface area contributed by atoms with Gasteiger partial charge in [-0.05, 0) is 47.9 Å². The summed E-state index contributed by atoms with van der Waals surface area (Å²) in [7, 11) is 0. The number of aryl methyl sites for hydroxylation is 1. The molecule has 0 spiro atoms. The minimum absolute atomic E-state index is 0.144. The van der Waals surface area contributed by atoms with E-state index in [1.807, 2.05) is 49.5 Å². The topological polar surface area (TPSA) is 81.6 Å². The summed E-state index contributed by atoms with van der Waals surface area (Å²) in [5.41, 5.74) is 4.77. The van der Waals surface area contributed by atoms with Gasteiger partial charge in [0, 0.05) is 23.5 Å². The minimum atomic E-state index is -0.299. The van der Waals surface area contributed by atoms with Gasteiger partial charge in [0.2, 0.25) is 5.91 Å². The van der Waals surface area contributed by atoms with Crippen LogP contribution in [0, 0.1) is 18.3 Å². The van der Waals surface area contributed by atoms with Crippen molar-refractivity contribution in [3.63, 3.8) is 0 Å². The Morgan fingerprint density at radius 2 is 2.18 bits per heavy atom. The number of aromatic nitrogens is 2. The number of H-pyrrole nitrogens is 1. The fourth-order valence-corrected chi connectivity index (χ4v) is 2.52. The van der Waals surface area contributed by atoms with Crippen molar-refractivity contribution in [1.29, 1.82) is 5.26 Å². The van der Waals surface area contributed by atoms with Gasteiger partial charge in [0.15, 0.2) is 0 Å². The third kappa shape index (κ3) is 2.54. The molecule has 0 atom stereocenters. The highest BCUT2D eigenvalue weighted by molar-refractivity contribution is 5.95. The molecule has 0 unspecified atom stereocenters. The zero-order valence-corrected chi connectivity index (χ0v) is 12.1. The number of benzene rings is 1. The van der Waals surface area contributed by atoms with E-state index in [4.69, 9.17) is 5.26 Å². The highest BCUT2D eigenvalue weighted by atomic mass is 16.1. The van der Waals surface area contributed by atoms with E-state index in [1.165, 1.54) is 0 Å². The van der Waals surface area contributed by atoms with Crippen molar-refractivity contribution in [2.45, 2.75) is 13.3 Å². The van der Waals surface area contributed by atoms with Crippen molar-refractivity contribution < 1.29 is 4.79 Å². The second-order valence-electron chi connectivity index (χ2n) is 5.01. The molecule has 1 amide bonds. The number of carbonyl (C=O) groups is 1. The second kappa shape index (κ2) is 5.70. The summed E-state index contributed by atoms with van der Waals surface area (Å²) in [4.78, 5) is 18.9. The number of fused-ring (bicyclic) bond motifs is 1. The Labute approximate surface area is 127 Å². The summed E-state index contributed by atoms with van der Waals surface area (Å²) >= 11 is 0. The molecule has 3 aromatic rings. The van der Waals surface area contributed by atoms with Crippen LogP contribution in [-0.2, 0) is 4.79 Å². The van der Waals surface area contributed by atoms with Gasteiger partial charge in [0.1, 0.15) is 12.1 Å². The quantitative estimate of drug-likeness (QED) is 0.775. The molecular formula is C17H14N4O. The van der Waals surface area contributed by atoms with E-state index in [9.17, 15) is 4.79 Å². The van der Waals surface area contributed by atoms with E-state index in [1.54, 1.807) is 6.20 Å². The van der Waals surface area contributed by atoms with E-state index < -0.39 is 0 Å². The molecule has 5 heteroatoms. The van der Waals surface area contributed by atoms with Gasteiger partial charge in [-0.15, -0.1) is 0 Å². The number of pyridine rings is 1. The van der Waals surface area contributed by atoms with E-state index >= 15 is 0 Å². The van der Waals surface area contributed by atoms with E-state index in [0.29, 0.717) is 5.69 Å². The second-order valence-corrected chi connectivity index (χ2v) is 5.01. The normalized spacial score (nSPS) is 10.4. The van der Waals surface area contributed by atoms with Crippen LogP contribution in [0.4, 0.5) is 5.69 Å². The molecule has 1 aromatic carbocycles. The molecule has 2 aromatic heterocycles. The van der Waals surface area contributed by atoms with Gasteiger partial charge in [0.25, 0.3) is 0 Å². The molecule has 0 aliphatic heterocycles. The predicted molar refractivity (Wildman–Crippen MR) is 85.1 cm³/mol. The average Bonchev–Trinajstić information content (AvgIpc) is 2.96. The maximum Gasteiger partial charge on any atom is 0.238 e. The molecule has 108 valence electrons. The molecule has 0 radical (unpaired) electrons. The van der Waals surface area contributed by atoms with Crippen molar-refractivity contribution in [3.8, 4) is 17.2 Å². The molecule has 0 saturated carbocycles. The lowest BCUT2D eigenvalue weighted by atomic mass is 9.98. The largest absolute Gasteiger partial charge is 0.346 e. The van der Waals surface area contributed by atoms with Gasteiger partial charge in [-0.25, -0.2) is 4.98 Å². The standard InChI is InChI=1S/C17H14N4O/c1-11-10-12(21-16(22)4-7-18)2-3-13(11)14-5-8-19-17-15(14)6-9-20-17/h2-3,5-6,8-10H,4H2,1H3,(H,19,20)(H,21,22). The van der Waals surface area contributed by atoms with E-state index in [-0.39, 0.29) is 12.3 Å². The van der Waals surface area contributed by atoms with Crippen molar-refractivity contribution in [1.82, 2.24) is 9.97 Å². The summed E-state index contributed by atoms with van der Waals surface area (Å²) in [6, 6.07) is 11.5. The molecule has 0 aliphatic carbocycles. The molecule has 0 aliphatic rings.